The number of benzene rings is 1. The fourth-order valence-corrected chi connectivity index (χ4v) is 1.35. The normalized spacial score (nSPS) is 14.8. The van der Waals surface area contributed by atoms with Gasteiger partial charge in [0.15, 0.2) is 0 Å². The average molecular weight is 200 g/mol. The van der Waals surface area contributed by atoms with E-state index in [1.165, 1.54) is 6.08 Å². The Labute approximate surface area is 86.7 Å². The summed E-state index contributed by atoms with van der Waals surface area (Å²) in [6.07, 6.45) is 2.90. The standard InChI is InChI=1S/C12H8O3/c1-2-8-3-5-9(6-4-8)10-7-11(13)15-12(10)14/h2-7H,1H2. The molecule has 0 amide bonds. The molecule has 0 aliphatic carbocycles. The zero-order valence-corrected chi connectivity index (χ0v) is 7.90. The minimum atomic E-state index is -0.609. The number of carbonyl (C=O) groups excluding carboxylic acids is 2. The molecule has 3 nitrogen and oxygen atoms in total. The van der Waals surface area contributed by atoms with E-state index in [1.54, 1.807) is 18.2 Å². The zero-order valence-electron chi connectivity index (χ0n) is 7.90. The molecule has 1 aromatic carbocycles. The zero-order chi connectivity index (χ0) is 10.8. The first kappa shape index (κ1) is 9.40. The van der Waals surface area contributed by atoms with Gasteiger partial charge in [-0.2, -0.15) is 0 Å². The van der Waals surface area contributed by atoms with Crippen LogP contribution in [0.5, 0.6) is 0 Å². The summed E-state index contributed by atoms with van der Waals surface area (Å²) in [7, 11) is 0. The monoisotopic (exact) mass is 200 g/mol. The number of ether oxygens (including phenoxy) is 1. The summed E-state index contributed by atoms with van der Waals surface area (Å²) in [6, 6.07) is 7.14. The number of hydrogen-bond donors (Lipinski definition) is 0. The summed E-state index contributed by atoms with van der Waals surface area (Å²) in [5.74, 6) is -1.20. The van der Waals surface area contributed by atoms with E-state index in [2.05, 4.69) is 11.3 Å². The van der Waals surface area contributed by atoms with Gasteiger partial charge in [-0.05, 0) is 11.1 Å². The third-order valence-corrected chi connectivity index (χ3v) is 2.13. The molecule has 1 aliphatic rings. The molecule has 0 aromatic heterocycles. The topological polar surface area (TPSA) is 43.4 Å². The van der Waals surface area contributed by atoms with Crippen LogP contribution >= 0.6 is 0 Å². The summed E-state index contributed by atoms with van der Waals surface area (Å²) in [4.78, 5) is 22.0. The first-order valence-corrected chi connectivity index (χ1v) is 4.41. The van der Waals surface area contributed by atoms with Gasteiger partial charge in [0, 0.05) is 6.08 Å². The van der Waals surface area contributed by atoms with E-state index in [0.717, 1.165) is 5.56 Å². The highest BCUT2D eigenvalue weighted by Gasteiger charge is 2.24. The number of esters is 2. The minimum absolute atomic E-state index is 0.301. The Bertz CT molecular complexity index is 466. The highest BCUT2D eigenvalue weighted by Crippen LogP contribution is 2.21. The molecular weight excluding hydrogens is 192 g/mol. The summed E-state index contributed by atoms with van der Waals surface area (Å²) in [6.45, 7) is 3.62. The van der Waals surface area contributed by atoms with Crippen molar-refractivity contribution in [3.63, 3.8) is 0 Å². The van der Waals surface area contributed by atoms with Crippen molar-refractivity contribution in [2.75, 3.05) is 0 Å². The summed E-state index contributed by atoms with van der Waals surface area (Å²) >= 11 is 0. The molecule has 0 fully saturated rings. The van der Waals surface area contributed by atoms with Crippen LogP contribution in [0.4, 0.5) is 0 Å². The molecule has 0 saturated carbocycles. The van der Waals surface area contributed by atoms with Crippen molar-refractivity contribution in [2.24, 2.45) is 0 Å². The van der Waals surface area contributed by atoms with Crippen LogP contribution in [0, 0.1) is 0 Å². The minimum Gasteiger partial charge on any atom is -0.386 e. The molecular formula is C12H8O3. The lowest BCUT2D eigenvalue weighted by Crippen LogP contribution is -2.01. The Morgan fingerprint density at radius 1 is 1.13 bits per heavy atom. The Balaban J connectivity index is 2.38. The molecule has 2 rings (SSSR count). The average Bonchev–Trinajstić information content (AvgIpc) is 2.58. The Morgan fingerprint density at radius 2 is 1.80 bits per heavy atom. The third kappa shape index (κ3) is 1.72. The van der Waals surface area contributed by atoms with Crippen LogP contribution in [0.2, 0.25) is 0 Å². The van der Waals surface area contributed by atoms with E-state index < -0.39 is 11.9 Å². The lowest BCUT2D eigenvalue weighted by Gasteiger charge is -1.99. The molecule has 0 atom stereocenters. The quantitative estimate of drug-likeness (QED) is 0.540. The molecule has 0 radical (unpaired) electrons. The fraction of sp³-hybridized carbons (Fsp3) is 0. The van der Waals surface area contributed by atoms with Crippen LogP contribution in [0.25, 0.3) is 11.6 Å². The maximum absolute atomic E-state index is 11.2. The molecule has 0 unspecified atom stereocenters. The maximum Gasteiger partial charge on any atom is 0.346 e. The second kappa shape index (κ2) is 3.53. The van der Waals surface area contributed by atoms with Gasteiger partial charge in [0.2, 0.25) is 0 Å². The van der Waals surface area contributed by atoms with Gasteiger partial charge >= 0.3 is 11.9 Å². The van der Waals surface area contributed by atoms with Crippen molar-refractivity contribution in [3.05, 3.63) is 48.0 Å². The van der Waals surface area contributed by atoms with E-state index in [-0.39, 0.29) is 0 Å². The highest BCUT2D eigenvalue weighted by atomic mass is 16.6. The van der Waals surface area contributed by atoms with Crippen molar-refractivity contribution < 1.29 is 14.3 Å². The Kier molecular flexibility index (Phi) is 2.21. The van der Waals surface area contributed by atoms with Crippen molar-refractivity contribution in [2.45, 2.75) is 0 Å². The molecule has 15 heavy (non-hydrogen) atoms. The summed E-state index contributed by atoms with van der Waals surface area (Å²) in [5.41, 5.74) is 1.93. The second-order valence-corrected chi connectivity index (χ2v) is 3.09. The number of carbonyl (C=O) groups is 2. The fourth-order valence-electron chi connectivity index (χ4n) is 1.35. The molecule has 0 bridgehead atoms. The van der Waals surface area contributed by atoms with Crippen molar-refractivity contribution in [1.82, 2.24) is 0 Å². The summed E-state index contributed by atoms with van der Waals surface area (Å²) < 4.78 is 4.39. The van der Waals surface area contributed by atoms with E-state index >= 15 is 0 Å². The molecule has 0 saturated heterocycles. The molecule has 1 heterocycles. The van der Waals surface area contributed by atoms with Crippen LogP contribution in [-0.2, 0) is 14.3 Å². The van der Waals surface area contributed by atoms with Gasteiger partial charge in [-0.3, -0.25) is 0 Å². The Morgan fingerprint density at radius 3 is 2.27 bits per heavy atom. The van der Waals surface area contributed by atoms with Gasteiger partial charge in [-0.1, -0.05) is 36.9 Å². The molecule has 74 valence electrons. The lowest BCUT2D eigenvalue weighted by molar-refractivity contribution is -0.149. The van der Waals surface area contributed by atoms with Gasteiger partial charge in [-0.25, -0.2) is 9.59 Å². The number of rotatable bonds is 2. The highest BCUT2D eigenvalue weighted by molar-refractivity contribution is 6.28. The van der Waals surface area contributed by atoms with Gasteiger partial charge in [0.25, 0.3) is 0 Å². The maximum atomic E-state index is 11.2. The van der Waals surface area contributed by atoms with Crippen molar-refractivity contribution in [1.29, 1.82) is 0 Å². The van der Waals surface area contributed by atoms with Crippen LogP contribution in [0.1, 0.15) is 11.1 Å². The van der Waals surface area contributed by atoms with Crippen LogP contribution in [0.3, 0.4) is 0 Å². The van der Waals surface area contributed by atoms with Crippen LogP contribution in [0.15, 0.2) is 36.9 Å². The molecule has 0 spiro atoms. The van der Waals surface area contributed by atoms with Gasteiger partial charge in [0.1, 0.15) is 0 Å². The first-order valence-electron chi connectivity index (χ1n) is 4.41. The van der Waals surface area contributed by atoms with Crippen molar-refractivity contribution >= 4 is 23.6 Å². The lowest BCUT2D eigenvalue weighted by atomic mass is 10.0. The Hall–Kier alpha value is -2.16. The SMILES string of the molecule is C=Cc1ccc(C2=CC(=O)OC2=O)cc1. The van der Waals surface area contributed by atoms with E-state index in [4.69, 9.17) is 0 Å². The molecule has 1 aromatic rings. The smallest absolute Gasteiger partial charge is 0.346 e. The molecule has 0 N–H and O–H groups in total. The van der Waals surface area contributed by atoms with E-state index in [9.17, 15) is 9.59 Å². The van der Waals surface area contributed by atoms with Crippen LogP contribution in [-0.4, -0.2) is 11.9 Å². The molecule has 1 aliphatic heterocycles. The van der Waals surface area contributed by atoms with Crippen molar-refractivity contribution in [3.8, 4) is 0 Å². The third-order valence-electron chi connectivity index (χ3n) is 2.13. The number of hydrogen-bond acceptors (Lipinski definition) is 3. The largest absolute Gasteiger partial charge is 0.386 e. The van der Waals surface area contributed by atoms with Gasteiger partial charge in [-0.15, -0.1) is 0 Å². The predicted molar refractivity (Wildman–Crippen MR) is 55.6 cm³/mol. The second-order valence-electron chi connectivity index (χ2n) is 3.09. The van der Waals surface area contributed by atoms with Crippen LogP contribution < -0.4 is 0 Å². The number of cyclic esters (lactones) is 2. The van der Waals surface area contributed by atoms with Gasteiger partial charge < -0.3 is 4.74 Å². The first-order chi connectivity index (χ1) is 7.20. The van der Waals surface area contributed by atoms with E-state index in [1.807, 2.05) is 12.1 Å². The predicted octanol–water partition coefficient (Wildman–Crippen LogP) is 1.80. The van der Waals surface area contributed by atoms with E-state index in [0.29, 0.717) is 11.1 Å². The summed E-state index contributed by atoms with van der Waals surface area (Å²) in [5, 5.41) is 0. The van der Waals surface area contributed by atoms with Gasteiger partial charge in [0.05, 0.1) is 5.57 Å². The molecule has 3 heteroatoms.